The third kappa shape index (κ3) is 3.40. The van der Waals surface area contributed by atoms with E-state index >= 15 is 0 Å². The van der Waals surface area contributed by atoms with Crippen LogP contribution in [0.2, 0.25) is 0 Å². The first-order valence-electron chi connectivity index (χ1n) is 6.78. The standard InChI is InChI=1S/C15H21NO3/c1-10(2)11(3)16-15(17)12-5-6-13-14(9-12)19-8-4-7-18-13/h5-6,9-11H,4,7-8H2,1-3H3,(H,16,17)/t11-/m0/s1. The number of amides is 1. The number of rotatable bonds is 3. The first-order valence-corrected chi connectivity index (χ1v) is 6.78. The zero-order chi connectivity index (χ0) is 13.8. The monoisotopic (exact) mass is 263 g/mol. The minimum absolute atomic E-state index is 0.0724. The molecule has 1 aromatic rings. The summed E-state index contributed by atoms with van der Waals surface area (Å²) < 4.78 is 11.1. The Labute approximate surface area is 114 Å². The summed E-state index contributed by atoms with van der Waals surface area (Å²) in [5.74, 6) is 1.70. The van der Waals surface area contributed by atoms with Gasteiger partial charge in [-0.2, -0.15) is 0 Å². The van der Waals surface area contributed by atoms with Gasteiger partial charge in [0.1, 0.15) is 0 Å². The molecule has 0 aromatic heterocycles. The summed E-state index contributed by atoms with van der Waals surface area (Å²) in [6.07, 6.45) is 0.862. The van der Waals surface area contributed by atoms with Crippen molar-refractivity contribution in [2.24, 2.45) is 5.92 Å². The third-order valence-electron chi connectivity index (χ3n) is 3.37. The number of hydrogen-bond donors (Lipinski definition) is 1. The molecule has 0 saturated carbocycles. The molecule has 1 heterocycles. The van der Waals surface area contributed by atoms with Gasteiger partial charge >= 0.3 is 0 Å². The van der Waals surface area contributed by atoms with Crippen LogP contribution in [0.3, 0.4) is 0 Å². The van der Waals surface area contributed by atoms with Gasteiger partial charge in [-0.15, -0.1) is 0 Å². The Morgan fingerprint density at radius 3 is 2.53 bits per heavy atom. The number of hydrogen-bond acceptors (Lipinski definition) is 3. The average molecular weight is 263 g/mol. The smallest absolute Gasteiger partial charge is 0.251 e. The fourth-order valence-corrected chi connectivity index (χ4v) is 1.76. The van der Waals surface area contributed by atoms with Gasteiger partial charge in [-0.3, -0.25) is 4.79 Å². The van der Waals surface area contributed by atoms with Gasteiger partial charge in [0.25, 0.3) is 5.91 Å². The number of nitrogens with one attached hydrogen (secondary N) is 1. The van der Waals surface area contributed by atoms with Crippen LogP contribution in [0.15, 0.2) is 18.2 Å². The molecule has 19 heavy (non-hydrogen) atoms. The van der Waals surface area contributed by atoms with E-state index in [1.165, 1.54) is 0 Å². The predicted molar refractivity (Wildman–Crippen MR) is 73.8 cm³/mol. The summed E-state index contributed by atoms with van der Waals surface area (Å²) in [5, 5.41) is 2.98. The van der Waals surface area contributed by atoms with E-state index in [4.69, 9.17) is 9.47 Å². The minimum atomic E-state index is -0.0724. The molecule has 4 heteroatoms. The predicted octanol–water partition coefficient (Wildman–Crippen LogP) is 2.62. The van der Waals surface area contributed by atoms with Gasteiger partial charge in [0, 0.05) is 18.0 Å². The molecule has 0 fully saturated rings. The molecule has 0 aliphatic carbocycles. The zero-order valence-corrected chi connectivity index (χ0v) is 11.7. The second-order valence-corrected chi connectivity index (χ2v) is 5.22. The third-order valence-corrected chi connectivity index (χ3v) is 3.37. The fraction of sp³-hybridized carbons (Fsp3) is 0.533. The molecule has 1 aromatic carbocycles. The Balaban J connectivity index is 2.12. The highest BCUT2D eigenvalue weighted by atomic mass is 16.5. The lowest BCUT2D eigenvalue weighted by Gasteiger charge is -2.17. The van der Waals surface area contributed by atoms with E-state index in [0.29, 0.717) is 36.2 Å². The van der Waals surface area contributed by atoms with Gasteiger partial charge in [-0.05, 0) is 31.0 Å². The van der Waals surface area contributed by atoms with Crippen LogP contribution in [0, 0.1) is 5.92 Å². The van der Waals surface area contributed by atoms with Crippen molar-refractivity contribution in [1.82, 2.24) is 5.32 Å². The topological polar surface area (TPSA) is 47.6 Å². The van der Waals surface area contributed by atoms with Gasteiger partial charge in [0.05, 0.1) is 13.2 Å². The summed E-state index contributed by atoms with van der Waals surface area (Å²) in [4.78, 5) is 12.1. The summed E-state index contributed by atoms with van der Waals surface area (Å²) in [6, 6.07) is 5.47. The molecule has 4 nitrogen and oxygen atoms in total. The van der Waals surface area contributed by atoms with Gasteiger partial charge in [-0.1, -0.05) is 13.8 Å². The van der Waals surface area contributed by atoms with Crippen molar-refractivity contribution in [2.75, 3.05) is 13.2 Å². The maximum absolute atomic E-state index is 12.1. The van der Waals surface area contributed by atoms with Crippen molar-refractivity contribution >= 4 is 5.91 Å². The van der Waals surface area contributed by atoms with Crippen molar-refractivity contribution in [3.8, 4) is 11.5 Å². The van der Waals surface area contributed by atoms with Crippen molar-refractivity contribution in [2.45, 2.75) is 33.2 Å². The van der Waals surface area contributed by atoms with Crippen molar-refractivity contribution in [1.29, 1.82) is 0 Å². The summed E-state index contributed by atoms with van der Waals surface area (Å²) in [6.45, 7) is 7.45. The summed E-state index contributed by atoms with van der Waals surface area (Å²) in [5.41, 5.74) is 0.608. The number of carbonyl (C=O) groups excluding carboxylic acids is 1. The van der Waals surface area contributed by atoms with E-state index in [2.05, 4.69) is 19.2 Å². The Bertz CT molecular complexity index is 457. The molecule has 2 rings (SSSR count). The van der Waals surface area contributed by atoms with Gasteiger partial charge in [-0.25, -0.2) is 0 Å². The normalized spacial score (nSPS) is 15.8. The van der Waals surface area contributed by atoms with Crippen molar-refractivity contribution in [3.05, 3.63) is 23.8 Å². The van der Waals surface area contributed by atoms with Crippen LogP contribution in [0.25, 0.3) is 0 Å². The van der Waals surface area contributed by atoms with Crippen LogP contribution in [-0.2, 0) is 0 Å². The number of ether oxygens (including phenoxy) is 2. The molecule has 0 radical (unpaired) electrons. The molecular weight excluding hydrogens is 242 g/mol. The lowest BCUT2D eigenvalue weighted by Crippen LogP contribution is -2.36. The van der Waals surface area contributed by atoms with Crippen LogP contribution >= 0.6 is 0 Å². The number of fused-ring (bicyclic) bond motifs is 1. The highest BCUT2D eigenvalue weighted by molar-refractivity contribution is 5.95. The highest BCUT2D eigenvalue weighted by Crippen LogP contribution is 2.30. The molecule has 104 valence electrons. The molecule has 0 saturated heterocycles. The lowest BCUT2D eigenvalue weighted by atomic mass is 10.1. The number of benzene rings is 1. The Kier molecular flexibility index (Phi) is 4.30. The molecule has 0 bridgehead atoms. The average Bonchev–Trinajstić information content (AvgIpc) is 2.62. The molecular formula is C15H21NO3. The van der Waals surface area contributed by atoms with E-state index in [0.717, 1.165) is 6.42 Å². The first-order chi connectivity index (χ1) is 9.08. The largest absolute Gasteiger partial charge is 0.490 e. The summed E-state index contributed by atoms with van der Waals surface area (Å²) in [7, 11) is 0. The first kappa shape index (κ1) is 13.7. The number of carbonyl (C=O) groups is 1. The SMILES string of the molecule is CC(C)[C@H](C)NC(=O)c1ccc2c(c1)OCCCO2. The van der Waals surface area contributed by atoms with Gasteiger partial charge in [0.2, 0.25) is 0 Å². The van der Waals surface area contributed by atoms with Crippen LogP contribution in [0.4, 0.5) is 0 Å². The van der Waals surface area contributed by atoms with Gasteiger partial charge < -0.3 is 14.8 Å². The van der Waals surface area contributed by atoms with E-state index in [1.807, 2.05) is 6.92 Å². The van der Waals surface area contributed by atoms with E-state index in [9.17, 15) is 4.79 Å². The van der Waals surface area contributed by atoms with Gasteiger partial charge in [0.15, 0.2) is 11.5 Å². The molecule has 0 unspecified atom stereocenters. The molecule has 1 amide bonds. The molecule has 0 spiro atoms. The summed E-state index contributed by atoms with van der Waals surface area (Å²) >= 11 is 0. The zero-order valence-electron chi connectivity index (χ0n) is 11.7. The van der Waals surface area contributed by atoms with Crippen LogP contribution < -0.4 is 14.8 Å². The molecule has 1 aliphatic rings. The molecule has 1 N–H and O–H groups in total. The van der Waals surface area contributed by atoms with Crippen LogP contribution in [-0.4, -0.2) is 25.2 Å². The second kappa shape index (κ2) is 5.95. The van der Waals surface area contributed by atoms with E-state index in [-0.39, 0.29) is 11.9 Å². The maximum Gasteiger partial charge on any atom is 0.251 e. The second-order valence-electron chi connectivity index (χ2n) is 5.22. The van der Waals surface area contributed by atoms with Crippen LogP contribution in [0.5, 0.6) is 11.5 Å². The van der Waals surface area contributed by atoms with E-state index < -0.39 is 0 Å². The van der Waals surface area contributed by atoms with E-state index in [1.54, 1.807) is 18.2 Å². The lowest BCUT2D eigenvalue weighted by molar-refractivity contribution is 0.0930. The Morgan fingerprint density at radius 1 is 1.16 bits per heavy atom. The minimum Gasteiger partial charge on any atom is -0.490 e. The molecule has 1 aliphatic heterocycles. The fourth-order valence-electron chi connectivity index (χ4n) is 1.76. The quantitative estimate of drug-likeness (QED) is 0.912. The molecule has 1 atom stereocenters. The Hall–Kier alpha value is -1.71. The Morgan fingerprint density at radius 2 is 1.84 bits per heavy atom. The van der Waals surface area contributed by atoms with Crippen molar-refractivity contribution < 1.29 is 14.3 Å². The highest BCUT2D eigenvalue weighted by Gasteiger charge is 2.16. The maximum atomic E-state index is 12.1. The van der Waals surface area contributed by atoms with Crippen LogP contribution in [0.1, 0.15) is 37.6 Å². The van der Waals surface area contributed by atoms with Crippen molar-refractivity contribution in [3.63, 3.8) is 0 Å².